The number of benzene rings is 1. The van der Waals surface area contributed by atoms with E-state index in [1.165, 1.54) is 6.92 Å². The van der Waals surface area contributed by atoms with E-state index in [0.29, 0.717) is 0 Å². The summed E-state index contributed by atoms with van der Waals surface area (Å²) in [6.07, 6.45) is -3.56. The summed E-state index contributed by atoms with van der Waals surface area (Å²) in [4.78, 5) is 12.3. The van der Waals surface area contributed by atoms with Crippen LogP contribution in [0.1, 0.15) is 34.4 Å². The van der Waals surface area contributed by atoms with Crippen molar-refractivity contribution in [3.63, 3.8) is 0 Å². The first-order valence-electron chi connectivity index (χ1n) is 9.96. The van der Waals surface area contributed by atoms with Gasteiger partial charge in [-0.1, -0.05) is 17.7 Å². The number of sulfonamides is 1. The molecule has 0 aromatic heterocycles. The first-order chi connectivity index (χ1) is 13.7. The molecule has 0 aliphatic heterocycles. The highest BCUT2D eigenvalue weighted by molar-refractivity contribution is 7.93. The van der Waals surface area contributed by atoms with Crippen LogP contribution in [0.4, 0.5) is 10.1 Å². The van der Waals surface area contributed by atoms with Crippen molar-refractivity contribution in [2.75, 3.05) is 11.3 Å². The van der Waals surface area contributed by atoms with Crippen LogP contribution in [-0.2, 0) is 19.6 Å². The van der Waals surface area contributed by atoms with Crippen LogP contribution in [0.3, 0.4) is 0 Å². The van der Waals surface area contributed by atoms with Gasteiger partial charge in [0.15, 0.2) is 1.41 Å². The van der Waals surface area contributed by atoms with Gasteiger partial charge in [0.05, 0.1) is 28.4 Å². The van der Waals surface area contributed by atoms with Crippen LogP contribution in [0.25, 0.3) is 0 Å². The molecule has 0 amide bonds. The molecule has 1 aliphatic rings. The fourth-order valence-corrected chi connectivity index (χ4v) is 3.40. The lowest BCUT2D eigenvalue weighted by molar-refractivity contribution is -0.138. The van der Waals surface area contributed by atoms with E-state index in [4.69, 9.17) is 26.0 Å². The van der Waals surface area contributed by atoms with Crippen LogP contribution in [0.15, 0.2) is 29.8 Å². The summed E-state index contributed by atoms with van der Waals surface area (Å²) in [5.74, 6) is -2.65. The summed E-state index contributed by atoms with van der Waals surface area (Å²) < 4.78 is 99.1. The number of anilines is 1. The number of nitrogens with one attached hydrogen (secondary N) is 1. The summed E-state index contributed by atoms with van der Waals surface area (Å²) in [6.45, 7) is 1.30. The van der Waals surface area contributed by atoms with Gasteiger partial charge in [0.2, 0.25) is 10.0 Å². The molecule has 0 radical (unpaired) electrons. The van der Waals surface area contributed by atoms with Crippen molar-refractivity contribution in [2.24, 2.45) is 0 Å². The average Bonchev–Trinajstić information content (AvgIpc) is 2.63. The Kier molecular flexibility index (Phi) is 3.28. The van der Waals surface area contributed by atoms with E-state index in [9.17, 15) is 17.6 Å². The predicted molar refractivity (Wildman–Crippen MR) is 86.3 cm³/mol. The van der Waals surface area contributed by atoms with Gasteiger partial charge in [-0.2, -0.15) is 0 Å². The number of halogens is 2. The van der Waals surface area contributed by atoms with Gasteiger partial charge in [0.25, 0.3) is 0 Å². The Labute approximate surface area is 149 Å². The Balaban J connectivity index is 2.69. The topological polar surface area (TPSA) is 72.5 Å². The molecule has 0 heterocycles. The van der Waals surface area contributed by atoms with Gasteiger partial charge in [-0.3, -0.25) is 4.72 Å². The van der Waals surface area contributed by atoms with E-state index in [-0.39, 0.29) is 11.3 Å². The standard InChI is InChI=1S/C15H17ClFNO4S/c1-2-22-15(19)11-5-3-4-6-14(11)23(20,21)18-13-8-7-10(17)9-12(13)16/h5,7-9,14,18H,2-4,6H2,1H3/t14-/m1/s1/i4D2,5D,7D,8D,9D/hD. The molecule has 0 saturated carbocycles. The quantitative estimate of drug-likeness (QED) is 0.809. The third-order valence-corrected chi connectivity index (χ3v) is 4.68. The highest BCUT2D eigenvalue weighted by atomic mass is 35.5. The second kappa shape index (κ2) is 7.31. The summed E-state index contributed by atoms with van der Waals surface area (Å²) >= 11 is 5.78. The number of hydrogen-bond acceptors (Lipinski definition) is 4. The Morgan fingerprint density at radius 1 is 1.65 bits per heavy atom. The van der Waals surface area contributed by atoms with Crippen LogP contribution in [-0.4, -0.2) is 26.2 Å². The lowest BCUT2D eigenvalue weighted by Crippen LogP contribution is -2.34. The second-order valence-corrected chi connectivity index (χ2v) is 6.55. The maximum atomic E-state index is 13.8. The molecule has 8 heteroatoms. The second-order valence-electron chi connectivity index (χ2n) is 4.39. The number of esters is 1. The molecule has 1 aromatic carbocycles. The third-order valence-electron chi connectivity index (χ3n) is 2.85. The van der Waals surface area contributed by atoms with E-state index < -0.39 is 86.7 Å². The molecule has 1 aliphatic carbocycles. The molecule has 23 heavy (non-hydrogen) atoms. The fourth-order valence-electron chi connectivity index (χ4n) is 1.85. The maximum absolute atomic E-state index is 13.8. The smallest absolute Gasteiger partial charge is 0.335 e. The Hall–Kier alpha value is -1.60. The first-order valence-corrected chi connectivity index (χ1v) is 8.40. The van der Waals surface area contributed by atoms with E-state index >= 15 is 0 Å². The van der Waals surface area contributed by atoms with Crippen molar-refractivity contribution in [2.45, 2.75) is 31.4 Å². The van der Waals surface area contributed by atoms with Crippen molar-refractivity contribution in [1.82, 2.24) is 0 Å². The highest BCUT2D eigenvalue weighted by Gasteiger charge is 2.35. The number of rotatable bonds is 5. The van der Waals surface area contributed by atoms with Gasteiger partial charge in [-0.15, -0.1) is 0 Å². The normalized spacial score (nSPS) is 25.2. The lowest BCUT2D eigenvalue weighted by atomic mass is 9.99. The van der Waals surface area contributed by atoms with E-state index in [0.717, 1.165) is 0 Å². The summed E-state index contributed by atoms with van der Waals surface area (Å²) in [5, 5.41) is -2.95. The van der Waals surface area contributed by atoms with Gasteiger partial charge >= 0.3 is 5.97 Å². The van der Waals surface area contributed by atoms with Crippen LogP contribution >= 0.6 is 11.6 Å². The minimum Gasteiger partial charge on any atom is -0.463 e. The van der Waals surface area contributed by atoms with Gasteiger partial charge in [-0.25, -0.2) is 17.6 Å². The Bertz CT molecular complexity index is 1010. The largest absolute Gasteiger partial charge is 0.463 e. The predicted octanol–water partition coefficient (Wildman–Crippen LogP) is 3.26. The van der Waals surface area contributed by atoms with Crippen molar-refractivity contribution < 1.29 is 32.0 Å². The summed E-state index contributed by atoms with van der Waals surface area (Å²) in [5.41, 5.74) is -1.65. The molecular formula is C15H17ClFNO4S. The van der Waals surface area contributed by atoms with E-state index in [2.05, 4.69) is 0 Å². The number of allylic oxidation sites excluding steroid dienone is 1. The number of carbonyl (C=O) groups excluding carboxylic acids is 1. The third kappa shape index (κ3) is 4.23. The van der Waals surface area contributed by atoms with Crippen LogP contribution < -0.4 is 4.72 Å². The number of carbonyl (C=O) groups is 1. The summed E-state index contributed by atoms with van der Waals surface area (Å²) in [7, 11) is -5.04. The monoisotopic (exact) mass is 368 g/mol. The first kappa shape index (κ1) is 10.3. The lowest BCUT2D eigenvalue weighted by Gasteiger charge is -2.24. The molecule has 0 unspecified atom stereocenters. The molecule has 0 bridgehead atoms. The zero-order valence-electron chi connectivity index (χ0n) is 18.9. The molecule has 0 fully saturated rings. The highest BCUT2D eigenvalue weighted by Crippen LogP contribution is 2.30. The Morgan fingerprint density at radius 3 is 3.09 bits per heavy atom. The SMILES string of the molecule is [2H]C1=C(C(=O)OCC)[C@H](S(=O)(=O)N([2H])c2c([2H])c([2H])c(F)c([2H])c2Cl)CC([2H])([2H])C1. The van der Waals surface area contributed by atoms with Crippen LogP contribution in [0, 0.1) is 5.82 Å². The van der Waals surface area contributed by atoms with Crippen molar-refractivity contribution in [1.29, 1.82) is 0 Å². The molecule has 1 aromatic rings. The van der Waals surface area contributed by atoms with Crippen molar-refractivity contribution >= 4 is 33.3 Å². The van der Waals surface area contributed by atoms with E-state index in [1.807, 2.05) is 0 Å². The molecule has 5 nitrogen and oxygen atoms in total. The molecule has 1 atom stereocenters. The van der Waals surface area contributed by atoms with Gasteiger partial charge in [-0.05, 0) is 44.3 Å². The fraction of sp³-hybridized carbons (Fsp3) is 0.400. The molecule has 126 valence electrons. The molecule has 2 rings (SSSR count). The van der Waals surface area contributed by atoms with Gasteiger partial charge in [0, 0.05) is 2.74 Å². The maximum Gasteiger partial charge on any atom is 0.335 e. The molecular weight excluding hydrogens is 345 g/mol. The zero-order chi connectivity index (χ0) is 23.2. The van der Waals surface area contributed by atoms with Crippen LogP contribution in [0.2, 0.25) is 6.43 Å². The minimum absolute atomic E-state index is 0.148. The van der Waals surface area contributed by atoms with Gasteiger partial charge in [0.1, 0.15) is 11.1 Å². The van der Waals surface area contributed by atoms with Gasteiger partial charge < -0.3 is 4.74 Å². The average molecular weight is 369 g/mol. The number of ether oxygens (including phenoxy) is 1. The molecule has 1 N–H and O–H groups in total. The van der Waals surface area contributed by atoms with Crippen molar-refractivity contribution in [3.8, 4) is 0 Å². The van der Waals surface area contributed by atoms with E-state index in [1.54, 1.807) is 0 Å². The summed E-state index contributed by atoms with van der Waals surface area (Å²) in [6, 6.07) is -3.96. The Morgan fingerprint density at radius 2 is 2.39 bits per heavy atom. The minimum atomic E-state index is -5.04. The molecule has 0 saturated heterocycles. The molecule has 0 spiro atoms. The van der Waals surface area contributed by atoms with Crippen molar-refractivity contribution in [3.05, 3.63) is 40.6 Å². The number of hydrogen-bond donors (Lipinski definition) is 1. The zero-order valence-corrected chi connectivity index (χ0v) is 13.5. The van der Waals surface area contributed by atoms with Crippen LogP contribution in [0.5, 0.6) is 0 Å².